The first-order valence-electron chi connectivity index (χ1n) is 3.32. The number of carboxylic acid groups (broad SMARTS) is 1. The SMILES string of the molecule is Cc1ccccc1C.O=CO. The van der Waals surface area contributed by atoms with Crippen molar-refractivity contribution in [2.24, 2.45) is 0 Å². The summed E-state index contributed by atoms with van der Waals surface area (Å²) in [7, 11) is 0. The summed E-state index contributed by atoms with van der Waals surface area (Å²) < 4.78 is 0. The fourth-order valence-corrected chi connectivity index (χ4v) is 0.663. The lowest BCUT2D eigenvalue weighted by Gasteiger charge is -1.93. The molecule has 1 aromatic rings. The molecule has 2 heteroatoms. The lowest BCUT2D eigenvalue weighted by Crippen LogP contribution is -1.74. The second-order valence-electron chi connectivity index (χ2n) is 2.19. The van der Waals surface area contributed by atoms with E-state index >= 15 is 0 Å². The number of hydrogen-bond donors (Lipinski definition) is 1. The number of aryl methyl sites for hydroxylation is 2. The first kappa shape index (κ1) is 9.69. The maximum Gasteiger partial charge on any atom is 0.290 e. The molecular weight excluding hydrogens is 140 g/mol. The molecule has 0 heterocycles. The molecule has 0 aliphatic carbocycles. The highest BCUT2D eigenvalue weighted by Crippen LogP contribution is 2.02. The van der Waals surface area contributed by atoms with Gasteiger partial charge >= 0.3 is 0 Å². The van der Waals surface area contributed by atoms with Gasteiger partial charge in [0, 0.05) is 0 Å². The molecule has 0 bridgehead atoms. The van der Waals surface area contributed by atoms with Gasteiger partial charge in [0.15, 0.2) is 0 Å². The predicted octanol–water partition coefficient (Wildman–Crippen LogP) is 2.00. The molecule has 60 valence electrons. The number of hydrogen-bond acceptors (Lipinski definition) is 1. The van der Waals surface area contributed by atoms with Crippen LogP contribution in [0.4, 0.5) is 0 Å². The average molecular weight is 152 g/mol. The number of rotatable bonds is 0. The van der Waals surface area contributed by atoms with Gasteiger partial charge in [-0.05, 0) is 25.0 Å². The van der Waals surface area contributed by atoms with Crippen LogP contribution in [0.3, 0.4) is 0 Å². The van der Waals surface area contributed by atoms with Crippen LogP contribution in [0.2, 0.25) is 0 Å². The van der Waals surface area contributed by atoms with Crippen molar-refractivity contribution in [1.29, 1.82) is 0 Å². The van der Waals surface area contributed by atoms with Crippen molar-refractivity contribution in [2.45, 2.75) is 13.8 Å². The minimum Gasteiger partial charge on any atom is -0.483 e. The van der Waals surface area contributed by atoms with Gasteiger partial charge in [0.05, 0.1) is 0 Å². The monoisotopic (exact) mass is 152 g/mol. The molecular formula is C9H12O2. The Bertz CT molecular complexity index is 198. The summed E-state index contributed by atoms with van der Waals surface area (Å²) in [5, 5.41) is 6.89. The van der Waals surface area contributed by atoms with Crippen molar-refractivity contribution in [3.63, 3.8) is 0 Å². The first-order valence-corrected chi connectivity index (χ1v) is 3.32. The lowest BCUT2D eigenvalue weighted by molar-refractivity contribution is -0.122. The summed E-state index contributed by atoms with van der Waals surface area (Å²) in [5.74, 6) is 0. The van der Waals surface area contributed by atoms with E-state index in [1.807, 2.05) is 0 Å². The van der Waals surface area contributed by atoms with Gasteiger partial charge in [-0.1, -0.05) is 24.3 Å². The van der Waals surface area contributed by atoms with Crippen LogP contribution < -0.4 is 0 Å². The van der Waals surface area contributed by atoms with E-state index in [1.165, 1.54) is 11.1 Å². The molecule has 1 rings (SSSR count). The van der Waals surface area contributed by atoms with Gasteiger partial charge in [0.25, 0.3) is 6.47 Å². The smallest absolute Gasteiger partial charge is 0.290 e. The van der Waals surface area contributed by atoms with Crippen molar-refractivity contribution in [3.8, 4) is 0 Å². The zero-order valence-corrected chi connectivity index (χ0v) is 6.74. The normalized spacial score (nSPS) is 7.82. The molecule has 0 radical (unpaired) electrons. The fraction of sp³-hybridized carbons (Fsp3) is 0.222. The molecule has 0 aromatic heterocycles. The van der Waals surface area contributed by atoms with Crippen LogP contribution in [0.15, 0.2) is 24.3 Å². The molecule has 0 aliphatic heterocycles. The van der Waals surface area contributed by atoms with Gasteiger partial charge in [-0.25, -0.2) is 0 Å². The van der Waals surface area contributed by atoms with Crippen LogP contribution in [0.25, 0.3) is 0 Å². The molecule has 11 heavy (non-hydrogen) atoms. The Morgan fingerprint density at radius 1 is 1.18 bits per heavy atom. The molecule has 0 atom stereocenters. The topological polar surface area (TPSA) is 37.3 Å². The van der Waals surface area contributed by atoms with E-state index in [2.05, 4.69) is 38.1 Å². The van der Waals surface area contributed by atoms with Gasteiger partial charge in [-0.3, -0.25) is 4.79 Å². The van der Waals surface area contributed by atoms with Crippen LogP contribution in [-0.4, -0.2) is 11.6 Å². The molecule has 2 nitrogen and oxygen atoms in total. The summed E-state index contributed by atoms with van der Waals surface area (Å²) >= 11 is 0. The van der Waals surface area contributed by atoms with E-state index in [9.17, 15) is 0 Å². The largest absolute Gasteiger partial charge is 0.483 e. The summed E-state index contributed by atoms with van der Waals surface area (Å²) in [5.41, 5.74) is 2.74. The van der Waals surface area contributed by atoms with Crippen molar-refractivity contribution < 1.29 is 9.90 Å². The van der Waals surface area contributed by atoms with Gasteiger partial charge in [0.1, 0.15) is 0 Å². The third kappa shape index (κ3) is 4.14. The van der Waals surface area contributed by atoms with Gasteiger partial charge in [0.2, 0.25) is 0 Å². The minimum atomic E-state index is -0.250. The van der Waals surface area contributed by atoms with E-state index in [1.54, 1.807) is 0 Å². The molecule has 1 N–H and O–H groups in total. The number of carbonyl (C=O) groups is 1. The van der Waals surface area contributed by atoms with Crippen molar-refractivity contribution in [1.82, 2.24) is 0 Å². The van der Waals surface area contributed by atoms with Crippen LogP contribution in [0, 0.1) is 13.8 Å². The highest BCUT2D eigenvalue weighted by Gasteiger charge is 1.83. The molecule has 0 saturated carbocycles. The second-order valence-corrected chi connectivity index (χ2v) is 2.19. The number of benzene rings is 1. The average Bonchev–Trinajstić information content (AvgIpc) is 1.97. The summed E-state index contributed by atoms with van der Waals surface area (Å²) in [4.78, 5) is 8.36. The van der Waals surface area contributed by atoms with Gasteiger partial charge < -0.3 is 5.11 Å². The maximum atomic E-state index is 8.36. The van der Waals surface area contributed by atoms with Gasteiger partial charge in [-0.15, -0.1) is 0 Å². The van der Waals surface area contributed by atoms with Crippen LogP contribution in [-0.2, 0) is 4.79 Å². The zero-order chi connectivity index (χ0) is 8.69. The van der Waals surface area contributed by atoms with E-state index in [0.29, 0.717) is 0 Å². The molecule has 0 unspecified atom stereocenters. The molecule has 0 aliphatic rings. The van der Waals surface area contributed by atoms with E-state index in [0.717, 1.165) is 0 Å². The second kappa shape index (κ2) is 5.47. The Kier molecular flexibility index (Phi) is 4.82. The Morgan fingerprint density at radius 2 is 1.45 bits per heavy atom. The molecule has 0 fully saturated rings. The van der Waals surface area contributed by atoms with Crippen molar-refractivity contribution in [2.75, 3.05) is 0 Å². The molecule has 0 amide bonds. The molecule has 0 saturated heterocycles. The van der Waals surface area contributed by atoms with Crippen molar-refractivity contribution >= 4 is 6.47 Å². The van der Waals surface area contributed by atoms with Crippen LogP contribution >= 0.6 is 0 Å². The van der Waals surface area contributed by atoms with Gasteiger partial charge in [-0.2, -0.15) is 0 Å². The van der Waals surface area contributed by atoms with E-state index < -0.39 is 0 Å². The Balaban J connectivity index is 0.000000292. The Labute approximate surface area is 66.5 Å². The lowest BCUT2D eigenvalue weighted by atomic mass is 10.1. The Hall–Kier alpha value is -1.31. The van der Waals surface area contributed by atoms with Crippen LogP contribution in [0.5, 0.6) is 0 Å². The summed E-state index contributed by atoms with van der Waals surface area (Å²) in [6, 6.07) is 8.36. The molecule has 1 aromatic carbocycles. The summed E-state index contributed by atoms with van der Waals surface area (Å²) in [6.45, 7) is 3.99. The maximum absolute atomic E-state index is 8.36. The third-order valence-corrected chi connectivity index (χ3v) is 1.43. The highest BCUT2D eigenvalue weighted by atomic mass is 16.3. The predicted molar refractivity (Wildman–Crippen MR) is 44.6 cm³/mol. The Morgan fingerprint density at radius 3 is 1.64 bits per heavy atom. The van der Waals surface area contributed by atoms with E-state index in [-0.39, 0.29) is 6.47 Å². The molecule has 0 spiro atoms. The van der Waals surface area contributed by atoms with Crippen LogP contribution in [0.1, 0.15) is 11.1 Å². The summed E-state index contributed by atoms with van der Waals surface area (Å²) in [6.07, 6.45) is 0. The quantitative estimate of drug-likeness (QED) is 0.577. The standard InChI is InChI=1S/C8H10.CH2O2/c1-7-5-3-4-6-8(7)2;2-1-3/h3-6H,1-2H3;1H,(H,2,3). The first-order chi connectivity index (χ1) is 5.22. The zero-order valence-electron chi connectivity index (χ0n) is 6.74. The minimum absolute atomic E-state index is 0.250. The third-order valence-electron chi connectivity index (χ3n) is 1.43. The highest BCUT2D eigenvalue weighted by molar-refractivity contribution is 5.32. The van der Waals surface area contributed by atoms with Crippen molar-refractivity contribution in [3.05, 3.63) is 35.4 Å². The van der Waals surface area contributed by atoms with E-state index in [4.69, 9.17) is 9.90 Å². The fourth-order valence-electron chi connectivity index (χ4n) is 0.663.